The van der Waals surface area contributed by atoms with Crippen molar-refractivity contribution in [3.05, 3.63) is 56.3 Å². The molecule has 2 nitrogen and oxygen atoms in total. The fourth-order valence-corrected chi connectivity index (χ4v) is 3.55. The SMILES string of the molecule is Clc1ccc(NCc2ccc(Br)s2)c2ncccc12. The Bertz CT molecular complexity index is 726. The predicted octanol–water partition coefficient (Wildman–Crippen LogP) is 5.32. The van der Waals surface area contributed by atoms with Crippen LogP contribution >= 0.6 is 38.9 Å². The molecule has 19 heavy (non-hydrogen) atoms. The summed E-state index contributed by atoms with van der Waals surface area (Å²) in [6.07, 6.45) is 1.78. The third-order valence-electron chi connectivity index (χ3n) is 2.80. The Kier molecular flexibility index (Phi) is 3.73. The summed E-state index contributed by atoms with van der Waals surface area (Å²) in [6, 6.07) is 11.9. The molecule has 0 aliphatic rings. The van der Waals surface area contributed by atoms with Crippen molar-refractivity contribution in [1.82, 2.24) is 4.98 Å². The van der Waals surface area contributed by atoms with Crippen molar-refractivity contribution in [2.24, 2.45) is 0 Å². The van der Waals surface area contributed by atoms with Crippen molar-refractivity contribution >= 4 is 55.5 Å². The molecule has 3 aromatic rings. The number of anilines is 1. The van der Waals surface area contributed by atoms with Gasteiger partial charge in [-0.1, -0.05) is 11.6 Å². The van der Waals surface area contributed by atoms with Crippen LogP contribution in [0.5, 0.6) is 0 Å². The van der Waals surface area contributed by atoms with Gasteiger partial charge in [-0.15, -0.1) is 11.3 Å². The molecule has 5 heteroatoms. The van der Waals surface area contributed by atoms with Gasteiger partial charge in [0.05, 0.1) is 20.0 Å². The maximum absolute atomic E-state index is 6.18. The minimum atomic E-state index is 0.729. The van der Waals surface area contributed by atoms with Crippen LogP contribution in [-0.4, -0.2) is 4.98 Å². The molecule has 0 saturated heterocycles. The van der Waals surface area contributed by atoms with Gasteiger partial charge in [-0.05, 0) is 52.3 Å². The molecule has 2 aromatic heterocycles. The molecule has 0 amide bonds. The molecule has 0 spiro atoms. The number of hydrogen-bond donors (Lipinski definition) is 1. The van der Waals surface area contributed by atoms with Crippen molar-refractivity contribution in [2.45, 2.75) is 6.54 Å². The summed E-state index contributed by atoms with van der Waals surface area (Å²) in [7, 11) is 0. The Morgan fingerprint density at radius 2 is 2.11 bits per heavy atom. The van der Waals surface area contributed by atoms with Gasteiger partial charge >= 0.3 is 0 Å². The van der Waals surface area contributed by atoms with E-state index in [1.54, 1.807) is 17.5 Å². The van der Waals surface area contributed by atoms with Gasteiger partial charge in [0.25, 0.3) is 0 Å². The molecule has 0 saturated carbocycles. The largest absolute Gasteiger partial charge is 0.378 e. The van der Waals surface area contributed by atoms with Crippen LogP contribution in [0.3, 0.4) is 0 Å². The fourth-order valence-electron chi connectivity index (χ4n) is 1.91. The molecule has 0 bridgehead atoms. The summed E-state index contributed by atoms with van der Waals surface area (Å²) in [6.45, 7) is 0.781. The standard InChI is InChI=1S/C14H10BrClN2S/c15-13-6-3-9(19-13)8-18-12-5-4-11(16)10-2-1-7-17-14(10)12/h1-7,18H,8H2. The quantitative estimate of drug-likeness (QED) is 0.689. The van der Waals surface area contributed by atoms with Crippen LogP contribution in [0.15, 0.2) is 46.4 Å². The average molecular weight is 354 g/mol. The van der Waals surface area contributed by atoms with Crippen LogP contribution in [0, 0.1) is 0 Å². The molecule has 0 aliphatic heterocycles. The highest BCUT2D eigenvalue weighted by molar-refractivity contribution is 9.11. The molecule has 1 N–H and O–H groups in total. The van der Waals surface area contributed by atoms with E-state index in [0.717, 1.165) is 31.9 Å². The third-order valence-corrected chi connectivity index (χ3v) is 4.75. The molecule has 2 heterocycles. The van der Waals surface area contributed by atoms with Crippen LogP contribution in [0.4, 0.5) is 5.69 Å². The van der Waals surface area contributed by atoms with E-state index in [2.05, 4.69) is 38.4 Å². The zero-order valence-corrected chi connectivity index (χ0v) is 13.0. The van der Waals surface area contributed by atoms with Gasteiger partial charge in [0.15, 0.2) is 0 Å². The van der Waals surface area contributed by atoms with Crippen LogP contribution < -0.4 is 5.32 Å². The minimum Gasteiger partial charge on any atom is -0.378 e. The van der Waals surface area contributed by atoms with Crippen molar-refractivity contribution in [2.75, 3.05) is 5.32 Å². The van der Waals surface area contributed by atoms with E-state index in [1.165, 1.54) is 4.88 Å². The average Bonchev–Trinajstić information content (AvgIpc) is 2.84. The van der Waals surface area contributed by atoms with Gasteiger partial charge in [0, 0.05) is 23.0 Å². The van der Waals surface area contributed by atoms with E-state index in [1.807, 2.05) is 24.3 Å². The third kappa shape index (κ3) is 2.76. The molecule has 0 fully saturated rings. The summed E-state index contributed by atoms with van der Waals surface area (Å²) in [5, 5.41) is 5.12. The van der Waals surface area contributed by atoms with E-state index in [-0.39, 0.29) is 0 Å². The van der Waals surface area contributed by atoms with Crippen molar-refractivity contribution < 1.29 is 0 Å². The number of rotatable bonds is 3. The highest BCUT2D eigenvalue weighted by Gasteiger charge is 2.06. The molecule has 0 aliphatic carbocycles. The number of thiophene rings is 1. The number of pyridine rings is 1. The van der Waals surface area contributed by atoms with Gasteiger partial charge < -0.3 is 5.32 Å². The van der Waals surface area contributed by atoms with Crippen LogP contribution in [0.25, 0.3) is 10.9 Å². The van der Waals surface area contributed by atoms with Crippen molar-refractivity contribution in [3.8, 4) is 0 Å². The van der Waals surface area contributed by atoms with Gasteiger partial charge in [0.1, 0.15) is 0 Å². The molecule has 96 valence electrons. The second-order valence-electron chi connectivity index (χ2n) is 4.05. The topological polar surface area (TPSA) is 24.9 Å². The Morgan fingerprint density at radius 3 is 2.89 bits per heavy atom. The molecule has 1 aromatic carbocycles. The lowest BCUT2D eigenvalue weighted by atomic mass is 10.2. The van der Waals surface area contributed by atoms with Gasteiger partial charge in [-0.25, -0.2) is 0 Å². The number of nitrogens with one attached hydrogen (secondary N) is 1. The van der Waals surface area contributed by atoms with Gasteiger partial charge in [-0.3, -0.25) is 4.98 Å². The Balaban J connectivity index is 1.91. The molecular weight excluding hydrogens is 344 g/mol. The second kappa shape index (κ2) is 5.49. The normalized spacial score (nSPS) is 10.8. The zero-order chi connectivity index (χ0) is 13.2. The smallest absolute Gasteiger partial charge is 0.0948 e. The number of benzene rings is 1. The first-order valence-corrected chi connectivity index (χ1v) is 7.74. The first kappa shape index (κ1) is 12.9. The monoisotopic (exact) mass is 352 g/mol. The minimum absolute atomic E-state index is 0.729. The Labute approximate surface area is 128 Å². The number of nitrogens with zero attached hydrogens (tertiary/aromatic N) is 1. The van der Waals surface area contributed by atoms with Crippen LogP contribution in [-0.2, 0) is 6.54 Å². The Morgan fingerprint density at radius 1 is 1.21 bits per heavy atom. The number of fused-ring (bicyclic) bond motifs is 1. The molecule has 0 atom stereocenters. The summed E-state index contributed by atoms with van der Waals surface area (Å²) >= 11 is 11.4. The molecule has 0 unspecified atom stereocenters. The lowest BCUT2D eigenvalue weighted by molar-refractivity contribution is 1.19. The van der Waals surface area contributed by atoms with Crippen LogP contribution in [0.2, 0.25) is 5.02 Å². The maximum atomic E-state index is 6.18. The van der Waals surface area contributed by atoms with Gasteiger partial charge in [-0.2, -0.15) is 0 Å². The van der Waals surface area contributed by atoms with Crippen LogP contribution in [0.1, 0.15) is 4.88 Å². The number of hydrogen-bond acceptors (Lipinski definition) is 3. The number of halogens is 2. The second-order valence-corrected chi connectivity index (χ2v) is 7.01. The summed E-state index contributed by atoms with van der Waals surface area (Å²) < 4.78 is 1.14. The molecule has 0 radical (unpaired) electrons. The first-order chi connectivity index (χ1) is 9.24. The van der Waals surface area contributed by atoms with E-state index in [0.29, 0.717) is 0 Å². The van der Waals surface area contributed by atoms with Crippen molar-refractivity contribution in [1.29, 1.82) is 0 Å². The zero-order valence-electron chi connectivity index (χ0n) is 9.86. The van der Waals surface area contributed by atoms with E-state index < -0.39 is 0 Å². The lowest BCUT2D eigenvalue weighted by Gasteiger charge is -2.09. The van der Waals surface area contributed by atoms with Crippen molar-refractivity contribution in [3.63, 3.8) is 0 Å². The van der Waals surface area contributed by atoms with Gasteiger partial charge in [0.2, 0.25) is 0 Å². The lowest BCUT2D eigenvalue weighted by Crippen LogP contribution is -1.98. The summed E-state index contributed by atoms with van der Waals surface area (Å²) in [4.78, 5) is 5.68. The van der Waals surface area contributed by atoms with E-state index >= 15 is 0 Å². The highest BCUT2D eigenvalue weighted by atomic mass is 79.9. The first-order valence-electron chi connectivity index (χ1n) is 5.75. The fraction of sp³-hybridized carbons (Fsp3) is 0.0714. The molecular formula is C14H10BrClN2S. The van der Waals surface area contributed by atoms with E-state index in [9.17, 15) is 0 Å². The highest BCUT2D eigenvalue weighted by Crippen LogP contribution is 2.29. The summed E-state index contributed by atoms with van der Waals surface area (Å²) in [5.41, 5.74) is 1.91. The summed E-state index contributed by atoms with van der Waals surface area (Å²) in [5.74, 6) is 0. The predicted molar refractivity (Wildman–Crippen MR) is 86.1 cm³/mol. The maximum Gasteiger partial charge on any atom is 0.0948 e. The van der Waals surface area contributed by atoms with E-state index in [4.69, 9.17) is 11.6 Å². The number of aromatic nitrogens is 1. The molecule has 3 rings (SSSR count). The Hall–Kier alpha value is -1.10.